The molecule has 0 saturated carbocycles. The van der Waals surface area contributed by atoms with Crippen molar-refractivity contribution < 1.29 is 4.42 Å². The molecule has 2 aromatic rings. The summed E-state index contributed by atoms with van der Waals surface area (Å²) in [5.74, 6) is 0. The van der Waals surface area contributed by atoms with Gasteiger partial charge in [-0.25, -0.2) is 4.79 Å². The molecule has 0 spiro atoms. The predicted molar refractivity (Wildman–Crippen MR) is 90.9 cm³/mol. The maximum absolute atomic E-state index is 11.4. The molecule has 2 rings (SSSR count). The first-order valence-corrected chi connectivity index (χ1v) is 7.52. The van der Waals surface area contributed by atoms with Gasteiger partial charge in [0, 0.05) is 29.2 Å². The molecule has 2 N–H and O–H groups in total. The highest BCUT2D eigenvalue weighted by molar-refractivity contribution is 7.80. The van der Waals surface area contributed by atoms with Crippen molar-refractivity contribution in [2.24, 2.45) is 0 Å². The van der Waals surface area contributed by atoms with Crippen LogP contribution in [0.15, 0.2) is 33.5 Å². The van der Waals surface area contributed by atoms with E-state index >= 15 is 0 Å². The number of fused-ring (bicyclic) bond motifs is 1. The summed E-state index contributed by atoms with van der Waals surface area (Å²) in [6.45, 7) is 6.13. The second kappa shape index (κ2) is 6.72. The first-order chi connectivity index (χ1) is 9.99. The van der Waals surface area contributed by atoms with Crippen LogP contribution in [0.1, 0.15) is 32.3 Å². The van der Waals surface area contributed by atoms with Gasteiger partial charge in [-0.2, -0.15) is 0 Å². The molecule has 0 bridgehead atoms. The van der Waals surface area contributed by atoms with E-state index in [1.807, 2.05) is 19.1 Å². The van der Waals surface area contributed by atoms with Gasteiger partial charge in [0.1, 0.15) is 5.58 Å². The fraction of sp³-hybridized carbons (Fsp3) is 0.375. The van der Waals surface area contributed by atoms with E-state index < -0.39 is 0 Å². The van der Waals surface area contributed by atoms with Gasteiger partial charge >= 0.3 is 5.63 Å². The van der Waals surface area contributed by atoms with E-state index in [1.165, 1.54) is 6.07 Å². The molecular weight excluding hydrogens is 284 g/mol. The molecule has 0 amide bonds. The van der Waals surface area contributed by atoms with Gasteiger partial charge in [-0.15, -0.1) is 0 Å². The molecule has 0 aliphatic heterocycles. The van der Waals surface area contributed by atoms with Crippen molar-refractivity contribution in [1.82, 2.24) is 5.32 Å². The fourth-order valence-electron chi connectivity index (χ4n) is 2.30. The Morgan fingerprint density at radius 3 is 2.86 bits per heavy atom. The highest BCUT2D eigenvalue weighted by Gasteiger charge is 2.06. The molecule has 1 heterocycles. The molecule has 21 heavy (non-hydrogen) atoms. The number of thiocarbonyl (C=S) groups is 1. The average molecular weight is 304 g/mol. The number of anilines is 1. The second-order valence-corrected chi connectivity index (χ2v) is 5.66. The van der Waals surface area contributed by atoms with Gasteiger partial charge in [-0.3, -0.25) is 0 Å². The van der Waals surface area contributed by atoms with Gasteiger partial charge in [-0.1, -0.05) is 13.3 Å². The third-order valence-corrected chi connectivity index (χ3v) is 3.53. The Morgan fingerprint density at radius 1 is 1.38 bits per heavy atom. The number of hydrogen-bond acceptors (Lipinski definition) is 3. The lowest BCUT2D eigenvalue weighted by Crippen LogP contribution is -2.35. The summed E-state index contributed by atoms with van der Waals surface area (Å²) >= 11 is 5.29. The first-order valence-electron chi connectivity index (χ1n) is 7.11. The minimum absolute atomic E-state index is 0.329. The third-order valence-electron chi connectivity index (χ3n) is 3.31. The summed E-state index contributed by atoms with van der Waals surface area (Å²) < 4.78 is 5.23. The van der Waals surface area contributed by atoms with Gasteiger partial charge in [0.2, 0.25) is 0 Å². The summed E-state index contributed by atoms with van der Waals surface area (Å²) in [6.07, 6.45) is 2.17. The van der Waals surface area contributed by atoms with E-state index in [1.54, 1.807) is 6.07 Å². The van der Waals surface area contributed by atoms with Crippen LogP contribution in [0.2, 0.25) is 0 Å². The van der Waals surface area contributed by atoms with Crippen LogP contribution in [0.3, 0.4) is 0 Å². The zero-order chi connectivity index (χ0) is 15.4. The van der Waals surface area contributed by atoms with Gasteiger partial charge < -0.3 is 15.1 Å². The molecule has 4 nitrogen and oxygen atoms in total. The van der Waals surface area contributed by atoms with E-state index in [9.17, 15) is 4.79 Å². The van der Waals surface area contributed by atoms with Crippen LogP contribution in [-0.2, 0) is 0 Å². The van der Waals surface area contributed by atoms with Crippen molar-refractivity contribution in [3.8, 4) is 0 Å². The Labute approximate surface area is 129 Å². The van der Waals surface area contributed by atoms with Gasteiger partial charge in [0.05, 0.1) is 0 Å². The van der Waals surface area contributed by atoms with E-state index in [0.29, 0.717) is 16.7 Å². The molecule has 0 radical (unpaired) electrons. The van der Waals surface area contributed by atoms with Crippen molar-refractivity contribution in [3.05, 3.63) is 40.2 Å². The number of aryl methyl sites for hydroxylation is 1. The summed E-state index contributed by atoms with van der Waals surface area (Å²) in [5.41, 5.74) is 1.94. The highest BCUT2D eigenvalue weighted by Crippen LogP contribution is 2.20. The molecule has 0 fully saturated rings. The lowest BCUT2D eigenvalue weighted by Gasteiger charge is -2.16. The topological polar surface area (TPSA) is 54.3 Å². The summed E-state index contributed by atoms with van der Waals surface area (Å²) in [7, 11) is 0. The fourth-order valence-corrected chi connectivity index (χ4v) is 2.62. The van der Waals surface area contributed by atoms with Gasteiger partial charge in [-0.05, 0) is 50.2 Å². The van der Waals surface area contributed by atoms with E-state index in [2.05, 4.69) is 24.5 Å². The molecule has 1 aromatic carbocycles. The average Bonchev–Trinajstić information content (AvgIpc) is 2.37. The van der Waals surface area contributed by atoms with Crippen LogP contribution >= 0.6 is 12.2 Å². The molecular formula is C16H20N2O2S. The molecule has 1 aromatic heterocycles. The lowest BCUT2D eigenvalue weighted by molar-refractivity contribution is 0.560. The van der Waals surface area contributed by atoms with E-state index in [-0.39, 0.29) is 5.63 Å². The molecule has 0 saturated heterocycles. The summed E-state index contributed by atoms with van der Waals surface area (Å²) in [6, 6.07) is 7.47. The zero-order valence-corrected chi connectivity index (χ0v) is 13.3. The van der Waals surface area contributed by atoms with Crippen LogP contribution in [0.25, 0.3) is 11.0 Å². The largest absolute Gasteiger partial charge is 0.423 e. The molecule has 0 aliphatic carbocycles. The molecule has 1 unspecified atom stereocenters. The van der Waals surface area contributed by atoms with Crippen molar-refractivity contribution in [2.45, 2.75) is 39.7 Å². The minimum atomic E-state index is -0.339. The third kappa shape index (κ3) is 4.04. The zero-order valence-electron chi connectivity index (χ0n) is 12.5. The Balaban J connectivity index is 2.16. The quantitative estimate of drug-likeness (QED) is 0.668. The van der Waals surface area contributed by atoms with E-state index in [0.717, 1.165) is 29.5 Å². The van der Waals surface area contributed by atoms with E-state index in [4.69, 9.17) is 16.6 Å². The van der Waals surface area contributed by atoms with Crippen LogP contribution in [-0.4, -0.2) is 11.2 Å². The Kier molecular flexibility index (Phi) is 4.96. The van der Waals surface area contributed by atoms with Gasteiger partial charge in [0.25, 0.3) is 0 Å². The van der Waals surface area contributed by atoms with Crippen molar-refractivity contribution in [3.63, 3.8) is 0 Å². The lowest BCUT2D eigenvalue weighted by atomic mass is 10.1. The SMILES string of the molecule is CCCC(C)NC(=S)Nc1ccc2c(C)cc(=O)oc2c1. The van der Waals surface area contributed by atoms with Crippen LogP contribution in [0.5, 0.6) is 0 Å². The molecule has 0 aliphatic rings. The number of benzene rings is 1. The minimum Gasteiger partial charge on any atom is -0.423 e. The predicted octanol–water partition coefficient (Wildman–Crippen LogP) is 3.58. The highest BCUT2D eigenvalue weighted by atomic mass is 32.1. The maximum Gasteiger partial charge on any atom is 0.336 e. The number of rotatable bonds is 4. The smallest absolute Gasteiger partial charge is 0.336 e. The van der Waals surface area contributed by atoms with Crippen molar-refractivity contribution in [1.29, 1.82) is 0 Å². The monoisotopic (exact) mass is 304 g/mol. The first kappa shape index (κ1) is 15.5. The van der Waals surface area contributed by atoms with Crippen molar-refractivity contribution in [2.75, 3.05) is 5.32 Å². The van der Waals surface area contributed by atoms with Crippen molar-refractivity contribution >= 4 is 34.0 Å². The summed E-state index contributed by atoms with van der Waals surface area (Å²) in [5, 5.41) is 7.85. The Bertz CT molecular complexity index is 709. The molecule has 112 valence electrons. The molecule has 1 atom stereocenters. The Hall–Kier alpha value is -1.88. The summed E-state index contributed by atoms with van der Waals surface area (Å²) in [4.78, 5) is 11.4. The second-order valence-electron chi connectivity index (χ2n) is 5.25. The van der Waals surface area contributed by atoms with Crippen LogP contribution < -0.4 is 16.3 Å². The normalized spacial score (nSPS) is 12.1. The number of hydrogen-bond donors (Lipinski definition) is 2. The van der Waals surface area contributed by atoms with Crippen LogP contribution in [0, 0.1) is 6.92 Å². The number of nitrogens with one attached hydrogen (secondary N) is 2. The van der Waals surface area contributed by atoms with Crippen LogP contribution in [0.4, 0.5) is 5.69 Å². The Morgan fingerprint density at radius 2 is 2.14 bits per heavy atom. The maximum atomic E-state index is 11.4. The standard InChI is InChI=1S/C16H20N2O2S/c1-4-5-11(3)17-16(21)18-12-6-7-13-10(2)8-15(19)20-14(13)9-12/h6-9,11H,4-5H2,1-3H3,(H2,17,18,21). The van der Waals surface area contributed by atoms with Gasteiger partial charge in [0.15, 0.2) is 5.11 Å². The molecule has 5 heteroatoms.